The Morgan fingerprint density at radius 1 is 1.19 bits per heavy atom. The number of aromatic nitrogens is 2. The Hall–Kier alpha value is -1.18. The Bertz CT molecular complexity index is 717. The molecule has 3 rings (SSSR count). The predicted molar refractivity (Wildman–Crippen MR) is 102 cm³/mol. The van der Waals surface area contributed by atoms with Crippen LogP contribution in [0.25, 0.3) is 0 Å². The maximum Gasteiger partial charge on any atom is 0.243 e. The molecule has 142 valence electrons. The molecular formula is C18H24Cl2N4O2. The first kappa shape index (κ1) is 19.6. The first-order chi connectivity index (χ1) is 12.6. The molecule has 2 heterocycles. The monoisotopic (exact) mass is 398 g/mol. The topological polar surface area (TPSA) is 54.6 Å². The highest BCUT2D eigenvalue weighted by molar-refractivity contribution is 6.42. The van der Waals surface area contributed by atoms with Crippen LogP contribution in [0.1, 0.15) is 30.2 Å². The average Bonchev–Trinajstić information content (AvgIpc) is 3.11. The van der Waals surface area contributed by atoms with Crippen molar-refractivity contribution in [2.24, 2.45) is 0 Å². The molecule has 1 fully saturated rings. The molecule has 0 saturated carbocycles. The minimum absolute atomic E-state index is 0.116. The Labute approximate surface area is 164 Å². The Morgan fingerprint density at radius 2 is 1.96 bits per heavy atom. The molecule has 0 N–H and O–H groups in total. The molecule has 6 nitrogen and oxygen atoms in total. The summed E-state index contributed by atoms with van der Waals surface area (Å²) in [4.78, 5) is 9.25. The molecular weight excluding hydrogens is 375 g/mol. The Morgan fingerprint density at radius 3 is 2.65 bits per heavy atom. The summed E-state index contributed by atoms with van der Waals surface area (Å²) in [7, 11) is 1.62. The zero-order valence-electron chi connectivity index (χ0n) is 15.1. The highest BCUT2D eigenvalue weighted by Crippen LogP contribution is 2.23. The molecule has 1 unspecified atom stereocenters. The van der Waals surface area contributed by atoms with Crippen LogP contribution in [-0.2, 0) is 17.8 Å². The fourth-order valence-corrected chi connectivity index (χ4v) is 3.46. The number of rotatable bonds is 7. The summed E-state index contributed by atoms with van der Waals surface area (Å²) in [6.45, 7) is 7.48. The van der Waals surface area contributed by atoms with E-state index < -0.39 is 0 Å². The first-order valence-electron chi connectivity index (χ1n) is 8.78. The van der Waals surface area contributed by atoms with Crippen molar-refractivity contribution in [1.29, 1.82) is 0 Å². The minimum Gasteiger partial charge on any atom is -0.377 e. The fraction of sp³-hybridized carbons (Fsp3) is 0.556. The van der Waals surface area contributed by atoms with Crippen LogP contribution in [-0.4, -0.2) is 59.8 Å². The van der Waals surface area contributed by atoms with Crippen LogP contribution in [0.3, 0.4) is 0 Å². The molecule has 0 spiro atoms. The molecule has 1 atom stereocenters. The summed E-state index contributed by atoms with van der Waals surface area (Å²) in [5.74, 6) is 1.25. The van der Waals surface area contributed by atoms with E-state index in [0.717, 1.165) is 39.1 Å². The van der Waals surface area contributed by atoms with Gasteiger partial charge in [0.1, 0.15) is 6.61 Å². The molecule has 0 bridgehead atoms. The number of piperazine rings is 1. The summed E-state index contributed by atoms with van der Waals surface area (Å²) in [6.07, 6.45) is 0.969. The second-order valence-electron chi connectivity index (χ2n) is 6.53. The lowest BCUT2D eigenvalue weighted by Crippen LogP contribution is -2.47. The SMILES string of the molecule is COCc1noc(C(C)N2CCN(CCc3ccc(Cl)c(Cl)c3)CC2)n1. The Kier molecular flexibility index (Phi) is 6.89. The van der Waals surface area contributed by atoms with Gasteiger partial charge in [0, 0.05) is 39.8 Å². The molecule has 1 aromatic heterocycles. The lowest BCUT2D eigenvalue weighted by atomic mass is 10.1. The van der Waals surface area contributed by atoms with E-state index in [-0.39, 0.29) is 6.04 Å². The number of benzene rings is 1. The fourth-order valence-electron chi connectivity index (χ4n) is 3.14. The van der Waals surface area contributed by atoms with Crippen molar-refractivity contribution in [1.82, 2.24) is 19.9 Å². The van der Waals surface area contributed by atoms with Crippen LogP contribution < -0.4 is 0 Å². The third kappa shape index (κ3) is 4.96. The third-order valence-corrected chi connectivity index (χ3v) is 5.51. The summed E-state index contributed by atoms with van der Waals surface area (Å²) < 4.78 is 10.4. The molecule has 0 amide bonds. The largest absolute Gasteiger partial charge is 0.377 e. The Balaban J connectivity index is 1.46. The van der Waals surface area contributed by atoms with Gasteiger partial charge in [0.2, 0.25) is 5.89 Å². The van der Waals surface area contributed by atoms with Crippen molar-refractivity contribution in [2.75, 3.05) is 39.8 Å². The minimum atomic E-state index is 0.116. The molecule has 26 heavy (non-hydrogen) atoms. The summed E-state index contributed by atoms with van der Waals surface area (Å²) in [5, 5.41) is 5.17. The van der Waals surface area contributed by atoms with Gasteiger partial charge in [-0.3, -0.25) is 4.90 Å². The van der Waals surface area contributed by atoms with Crippen molar-refractivity contribution >= 4 is 23.2 Å². The zero-order chi connectivity index (χ0) is 18.5. The molecule has 0 aliphatic carbocycles. The van der Waals surface area contributed by atoms with Crippen molar-refractivity contribution in [2.45, 2.75) is 26.0 Å². The van der Waals surface area contributed by atoms with E-state index in [1.165, 1.54) is 5.56 Å². The van der Waals surface area contributed by atoms with Crippen LogP contribution in [0.2, 0.25) is 10.0 Å². The quantitative estimate of drug-likeness (QED) is 0.711. The van der Waals surface area contributed by atoms with E-state index in [9.17, 15) is 0 Å². The molecule has 1 saturated heterocycles. The van der Waals surface area contributed by atoms with Gasteiger partial charge in [0.15, 0.2) is 5.82 Å². The van der Waals surface area contributed by atoms with Crippen LogP contribution in [0.5, 0.6) is 0 Å². The van der Waals surface area contributed by atoms with Gasteiger partial charge in [-0.2, -0.15) is 4.98 Å². The number of nitrogens with zero attached hydrogens (tertiary/aromatic N) is 4. The number of hydrogen-bond acceptors (Lipinski definition) is 6. The second-order valence-corrected chi connectivity index (χ2v) is 7.35. The van der Waals surface area contributed by atoms with E-state index in [4.69, 9.17) is 32.5 Å². The molecule has 1 aliphatic rings. The van der Waals surface area contributed by atoms with Crippen molar-refractivity contribution < 1.29 is 9.26 Å². The summed E-state index contributed by atoms with van der Waals surface area (Å²) in [6, 6.07) is 5.97. The van der Waals surface area contributed by atoms with Gasteiger partial charge < -0.3 is 14.2 Å². The standard InChI is InChI=1S/C18H24Cl2N4O2/c1-13(18-21-17(12-25-2)22-26-18)24-9-7-23(8-10-24)6-5-14-3-4-15(19)16(20)11-14/h3-4,11,13H,5-10,12H2,1-2H3. The molecule has 2 aromatic rings. The van der Waals surface area contributed by atoms with Gasteiger partial charge in [-0.25, -0.2) is 0 Å². The van der Waals surface area contributed by atoms with Crippen LogP contribution >= 0.6 is 23.2 Å². The van der Waals surface area contributed by atoms with Gasteiger partial charge in [0.05, 0.1) is 16.1 Å². The predicted octanol–water partition coefficient (Wildman–Crippen LogP) is 3.44. The van der Waals surface area contributed by atoms with E-state index >= 15 is 0 Å². The van der Waals surface area contributed by atoms with Crippen LogP contribution in [0, 0.1) is 0 Å². The summed E-state index contributed by atoms with van der Waals surface area (Å²) in [5.41, 5.74) is 1.21. The van der Waals surface area contributed by atoms with Crippen LogP contribution in [0.15, 0.2) is 22.7 Å². The van der Waals surface area contributed by atoms with Gasteiger partial charge in [0.25, 0.3) is 0 Å². The molecule has 1 aliphatic heterocycles. The maximum atomic E-state index is 6.09. The van der Waals surface area contributed by atoms with E-state index in [0.29, 0.717) is 28.4 Å². The van der Waals surface area contributed by atoms with Crippen molar-refractivity contribution in [3.05, 3.63) is 45.5 Å². The molecule has 0 radical (unpaired) electrons. The first-order valence-corrected chi connectivity index (χ1v) is 9.54. The lowest BCUT2D eigenvalue weighted by molar-refractivity contribution is 0.0890. The molecule has 1 aromatic carbocycles. The van der Waals surface area contributed by atoms with Crippen molar-refractivity contribution in [3.63, 3.8) is 0 Å². The van der Waals surface area contributed by atoms with E-state index in [2.05, 4.69) is 26.9 Å². The second kappa shape index (κ2) is 9.15. The maximum absolute atomic E-state index is 6.09. The smallest absolute Gasteiger partial charge is 0.243 e. The van der Waals surface area contributed by atoms with Gasteiger partial charge in [-0.1, -0.05) is 34.4 Å². The number of hydrogen-bond donors (Lipinski definition) is 0. The van der Waals surface area contributed by atoms with E-state index in [1.54, 1.807) is 7.11 Å². The number of halogens is 2. The zero-order valence-corrected chi connectivity index (χ0v) is 16.6. The lowest BCUT2D eigenvalue weighted by Gasteiger charge is -2.36. The number of methoxy groups -OCH3 is 1. The highest BCUT2D eigenvalue weighted by atomic mass is 35.5. The highest BCUT2D eigenvalue weighted by Gasteiger charge is 2.25. The van der Waals surface area contributed by atoms with Gasteiger partial charge in [-0.05, 0) is 31.0 Å². The third-order valence-electron chi connectivity index (χ3n) is 4.77. The van der Waals surface area contributed by atoms with E-state index in [1.807, 2.05) is 18.2 Å². The van der Waals surface area contributed by atoms with Crippen molar-refractivity contribution in [3.8, 4) is 0 Å². The molecule has 8 heteroatoms. The van der Waals surface area contributed by atoms with Crippen LogP contribution in [0.4, 0.5) is 0 Å². The van der Waals surface area contributed by atoms with Gasteiger partial charge in [-0.15, -0.1) is 0 Å². The van der Waals surface area contributed by atoms with Gasteiger partial charge >= 0.3 is 0 Å². The average molecular weight is 399 g/mol. The normalized spacial score (nSPS) is 17.5. The summed E-state index contributed by atoms with van der Waals surface area (Å²) >= 11 is 12.1. The number of ether oxygens (including phenoxy) is 1.